The Morgan fingerprint density at radius 3 is 2.50 bits per heavy atom. The number of sulfone groups is 1. The van der Waals surface area contributed by atoms with E-state index >= 15 is 0 Å². The Bertz CT molecular complexity index is 603. The third-order valence-corrected chi connectivity index (χ3v) is 5.17. The van der Waals surface area contributed by atoms with Crippen LogP contribution in [0, 0.1) is 0 Å². The molecular weight excluding hydrogens is 310 g/mol. The maximum atomic E-state index is 12.1. The monoisotopic (exact) mass is 329 g/mol. The van der Waals surface area contributed by atoms with Crippen molar-refractivity contribution >= 4 is 15.9 Å². The number of hydrogen-bond acceptors (Lipinski definition) is 6. The molecule has 0 spiro atoms. The number of amides is 1. The highest BCUT2D eigenvalue weighted by molar-refractivity contribution is 7.91. The number of ether oxygens (including phenoxy) is 1. The van der Waals surface area contributed by atoms with Gasteiger partial charge in [-0.1, -0.05) is 30.3 Å². The molecule has 2 atom stereocenters. The summed E-state index contributed by atoms with van der Waals surface area (Å²) in [5.74, 6) is -0.708. The zero-order chi connectivity index (χ0) is 16.2. The van der Waals surface area contributed by atoms with E-state index in [0.29, 0.717) is 0 Å². The standard InChI is InChI=1S/C14H19NO6S/c16-7-6-15(12-9-22(19,20)10-13(12)17)14(18)21-8-11-4-2-1-3-5-11/h1-5,12-13,16-17H,6-10H2. The smallest absolute Gasteiger partial charge is 0.410 e. The van der Waals surface area contributed by atoms with Crippen LogP contribution in [0.3, 0.4) is 0 Å². The highest BCUT2D eigenvalue weighted by atomic mass is 32.2. The minimum Gasteiger partial charge on any atom is -0.445 e. The van der Waals surface area contributed by atoms with E-state index in [-0.39, 0.29) is 31.3 Å². The van der Waals surface area contributed by atoms with Crippen LogP contribution in [0.25, 0.3) is 0 Å². The highest BCUT2D eigenvalue weighted by Gasteiger charge is 2.42. The molecule has 22 heavy (non-hydrogen) atoms. The predicted octanol–water partition coefficient (Wildman–Crippen LogP) is -0.225. The number of carbonyl (C=O) groups is 1. The second-order valence-corrected chi connectivity index (χ2v) is 7.32. The molecule has 1 heterocycles. The Labute approximate surface area is 129 Å². The second-order valence-electron chi connectivity index (χ2n) is 5.17. The summed E-state index contributed by atoms with van der Waals surface area (Å²) >= 11 is 0. The van der Waals surface area contributed by atoms with E-state index < -0.39 is 28.1 Å². The topological polar surface area (TPSA) is 104 Å². The van der Waals surface area contributed by atoms with E-state index in [1.54, 1.807) is 12.1 Å². The zero-order valence-electron chi connectivity index (χ0n) is 12.0. The average Bonchev–Trinajstić information content (AvgIpc) is 2.76. The normalized spacial score (nSPS) is 23.2. The van der Waals surface area contributed by atoms with Gasteiger partial charge in [0.25, 0.3) is 0 Å². The fourth-order valence-electron chi connectivity index (χ4n) is 2.41. The molecule has 1 saturated heterocycles. The average molecular weight is 329 g/mol. The van der Waals surface area contributed by atoms with Crippen LogP contribution in [0.2, 0.25) is 0 Å². The summed E-state index contributed by atoms with van der Waals surface area (Å²) in [6.45, 7) is -0.397. The molecule has 1 aliphatic rings. The number of aliphatic hydroxyl groups excluding tert-OH is 2. The van der Waals surface area contributed by atoms with Crippen LogP contribution in [-0.2, 0) is 21.2 Å². The number of rotatable bonds is 5. The molecule has 0 aromatic heterocycles. The van der Waals surface area contributed by atoms with Crippen LogP contribution in [0.4, 0.5) is 4.79 Å². The van der Waals surface area contributed by atoms with Gasteiger partial charge in [-0.05, 0) is 5.56 Å². The fraction of sp³-hybridized carbons (Fsp3) is 0.500. The minimum atomic E-state index is -3.39. The number of hydrogen-bond donors (Lipinski definition) is 2. The van der Waals surface area contributed by atoms with Crippen LogP contribution in [-0.4, -0.2) is 66.4 Å². The molecule has 0 bridgehead atoms. The number of aliphatic hydroxyl groups is 2. The second kappa shape index (κ2) is 7.08. The molecule has 1 aromatic rings. The molecule has 0 aliphatic carbocycles. The van der Waals surface area contributed by atoms with Crippen LogP contribution < -0.4 is 0 Å². The van der Waals surface area contributed by atoms with Crippen LogP contribution in [0.5, 0.6) is 0 Å². The molecule has 0 saturated carbocycles. The fourth-order valence-corrected chi connectivity index (χ4v) is 4.21. The number of nitrogens with zero attached hydrogens (tertiary/aromatic N) is 1. The number of benzene rings is 1. The SMILES string of the molecule is O=C(OCc1ccccc1)N(CCO)C1CS(=O)(=O)CC1O. The lowest BCUT2D eigenvalue weighted by Gasteiger charge is -2.28. The van der Waals surface area contributed by atoms with Gasteiger partial charge >= 0.3 is 6.09 Å². The van der Waals surface area contributed by atoms with Gasteiger partial charge in [0, 0.05) is 6.54 Å². The lowest BCUT2D eigenvalue weighted by atomic mass is 10.2. The first-order chi connectivity index (χ1) is 10.4. The van der Waals surface area contributed by atoms with E-state index in [9.17, 15) is 18.3 Å². The first kappa shape index (κ1) is 16.7. The molecule has 2 unspecified atom stereocenters. The zero-order valence-corrected chi connectivity index (χ0v) is 12.8. The van der Waals surface area contributed by atoms with Crippen molar-refractivity contribution in [2.75, 3.05) is 24.7 Å². The van der Waals surface area contributed by atoms with Gasteiger partial charge in [-0.3, -0.25) is 4.90 Å². The van der Waals surface area contributed by atoms with E-state index in [0.717, 1.165) is 10.5 Å². The molecule has 8 heteroatoms. The molecular formula is C14H19NO6S. The number of carbonyl (C=O) groups excluding carboxylic acids is 1. The van der Waals surface area contributed by atoms with Gasteiger partial charge in [0.05, 0.1) is 30.3 Å². The van der Waals surface area contributed by atoms with Crippen LogP contribution >= 0.6 is 0 Å². The minimum absolute atomic E-state index is 0.0389. The first-order valence-electron chi connectivity index (χ1n) is 6.89. The maximum absolute atomic E-state index is 12.1. The molecule has 7 nitrogen and oxygen atoms in total. The van der Waals surface area contributed by atoms with Gasteiger partial charge < -0.3 is 14.9 Å². The molecule has 1 amide bonds. The third kappa shape index (κ3) is 4.19. The summed E-state index contributed by atoms with van der Waals surface area (Å²) in [5.41, 5.74) is 0.791. The Kier molecular flexibility index (Phi) is 5.38. The van der Waals surface area contributed by atoms with Gasteiger partial charge in [-0.25, -0.2) is 13.2 Å². The molecule has 1 aliphatic heterocycles. The van der Waals surface area contributed by atoms with Gasteiger partial charge in [0.2, 0.25) is 0 Å². The van der Waals surface area contributed by atoms with Crippen molar-refractivity contribution in [3.05, 3.63) is 35.9 Å². The summed E-state index contributed by atoms with van der Waals surface area (Å²) < 4.78 is 28.3. The Hall–Kier alpha value is -1.64. The summed E-state index contributed by atoms with van der Waals surface area (Å²) in [6, 6.07) is 8.14. The van der Waals surface area contributed by atoms with Crippen LogP contribution in [0.1, 0.15) is 5.56 Å². The highest BCUT2D eigenvalue weighted by Crippen LogP contribution is 2.19. The van der Waals surface area contributed by atoms with Crippen molar-refractivity contribution in [1.29, 1.82) is 0 Å². The molecule has 0 radical (unpaired) electrons. The lowest BCUT2D eigenvalue weighted by Crippen LogP contribution is -2.48. The van der Waals surface area contributed by atoms with Gasteiger partial charge in [-0.2, -0.15) is 0 Å². The summed E-state index contributed by atoms with van der Waals surface area (Å²) in [6.07, 6.45) is -1.92. The van der Waals surface area contributed by atoms with Gasteiger partial charge in [0.15, 0.2) is 9.84 Å². The summed E-state index contributed by atoms with van der Waals surface area (Å²) in [4.78, 5) is 13.2. The third-order valence-electron chi connectivity index (χ3n) is 3.47. The van der Waals surface area contributed by atoms with E-state index in [2.05, 4.69) is 0 Å². The molecule has 2 rings (SSSR count). The van der Waals surface area contributed by atoms with Crippen molar-refractivity contribution < 1.29 is 28.2 Å². The van der Waals surface area contributed by atoms with Crippen molar-refractivity contribution in [3.63, 3.8) is 0 Å². The van der Waals surface area contributed by atoms with Crippen molar-refractivity contribution in [2.45, 2.75) is 18.8 Å². The largest absolute Gasteiger partial charge is 0.445 e. The molecule has 1 fully saturated rings. The Balaban J connectivity index is 2.02. The van der Waals surface area contributed by atoms with Gasteiger partial charge in [0.1, 0.15) is 6.61 Å². The van der Waals surface area contributed by atoms with Crippen LogP contribution in [0.15, 0.2) is 30.3 Å². The van der Waals surface area contributed by atoms with E-state index in [1.807, 2.05) is 18.2 Å². The van der Waals surface area contributed by atoms with Crippen molar-refractivity contribution in [2.24, 2.45) is 0 Å². The first-order valence-corrected chi connectivity index (χ1v) is 8.72. The van der Waals surface area contributed by atoms with Crippen molar-refractivity contribution in [1.82, 2.24) is 4.90 Å². The maximum Gasteiger partial charge on any atom is 0.410 e. The van der Waals surface area contributed by atoms with E-state index in [1.165, 1.54) is 0 Å². The molecule has 2 N–H and O–H groups in total. The van der Waals surface area contributed by atoms with E-state index in [4.69, 9.17) is 9.84 Å². The quantitative estimate of drug-likeness (QED) is 0.774. The summed E-state index contributed by atoms with van der Waals surface area (Å²) in [5, 5.41) is 18.9. The molecule has 1 aromatic carbocycles. The van der Waals surface area contributed by atoms with Crippen molar-refractivity contribution in [3.8, 4) is 0 Å². The predicted molar refractivity (Wildman–Crippen MR) is 78.9 cm³/mol. The Morgan fingerprint density at radius 1 is 1.27 bits per heavy atom. The van der Waals surface area contributed by atoms with Gasteiger partial charge in [-0.15, -0.1) is 0 Å². The lowest BCUT2D eigenvalue weighted by molar-refractivity contribution is 0.0428. The summed E-state index contributed by atoms with van der Waals surface area (Å²) in [7, 11) is -3.39. The molecule has 122 valence electrons. The Morgan fingerprint density at radius 2 is 1.95 bits per heavy atom.